The number of hydrogen-bond acceptors (Lipinski definition) is 3. The lowest BCUT2D eigenvalue weighted by Gasteiger charge is -2.02. The molecule has 4 rings (SSSR count). The minimum Gasteiger partial charge on any atom is -0.281 e. The highest BCUT2D eigenvalue weighted by Crippen LogP contribution is 2.23. The average Bonchev–Trinajstić information content (AvgIpc) is 3.24. The quantitative estimate of drug-likeness (QED) is 0.606. The smallest absolute Gasteiger partial charge is 0.155 e. The topological polar surface area (TPSA) is 70.2 Å². The van der Waals surface area contributed by atoms with Gasteiger partial charge in [0.2, 0.25) is 0 Å². The van der Waals surface area contributed by atoms with Crippen molar-refractivity contribution in [2.75, 3.05) is 0 Å². The molecule has 0 radical (unpaired) electrons. The Morgan fingerprint density at radius 3 is 2.61 bits per heavy atom. The van der Waals surface area contributed by atoms with Crippen molar-refractivity contribution < 1.29 is 0 Å². The fraction of sp³-hybridized carbons (Fsp3) is 0.167. The van der Waals surface area contributed by atoms with E-state index in [1.54, 1.807) is 0 Å². The molecule has 0 saturated carbocycles. The van der Waals surface area contributed by atoms with E-state index in [1.807, 2.05) is 12.1 Å². The summed E-state index contributed by atoms with van der Waals surface area (Å²) >= 11 is 0. The second-order valence-corrected chi connectivity index (χ2v) is 5.75. The minimum atomic E-state index is 0.776. The molecule has 114 valence electrons. The number of aromatic amines is 2. The van der Waals surface area contributed by atoms with Crippen LogP contribution in [0.15, 0.2) is 48.8 Å². The zero-order valence-electron chi connectivity index (χ0n) is 12.9. The van der Waals surface area contributed by atoms with Gasteiger partial charge in [0, 0.05) is 16.6 Å². The second kappa shape index (κ2) is 5.68. The molecule has 0 bridgehead atoms. The number of aryl methyl sites for hydroxylation is 3. The molecular weight excluding hydrogens is 286 g/mol. The number of fused-ring (bicyclic) bond motifs is 1. The largest absolute Gasteiger partial charge is 0.281 e. The third-order valence-electron chi connectivity index (χ3n) is 4.11. The van der Waals surface area contributed by atoms with E-state index < -0.39 is 0 Å². The maximum absolute atomic E-state index is 4.40. The van der Waals surface area contributed by atoms with Gasteiger partial charge in [-0.1, -0.05) is 29.8 Å². The van der Waals surface area contributed by atoms with Crippen LogP contribution in [-0.4, -0.2) is 25.4 Å². The second-order valence-electron chi connectivity index (χ2n) is 5.75. The molecule has 0 aliphatic carbocycles. The minimum absolute atomic E-state index is 0.776. The summed E-state index contributed by atoms with van der Waals surface area (Å²) in [5.74, 6) is 0.776. The molecule has 2 aromatic heterocycles. The summed E-state index contributed by atoms with van der Waals surface area (Å²) in [6.07, 6.45) is 3.44. The molecule has 0 saturated heterocycles. The van der Waals surface area contributed by atoms with Crippen LogP contribution in [0, 0.1) is 6.92 Å². The van der Waals surface area contributed by atoms with Crippen molar-refractivity contribution in [3.05, 3.63) is 65.6 Å². The van der Waals surface area contributed by atoms with E-state index >= 15 is 0 Å². The first-order valence-corrected chi connectivity index (χ1v) is 7.68. The number of nitrogens with one attached hydrogen (secondary N) is 2. The van der Waals surface area contributed by atoms with Crippen LogP contribution < -0.4 is 0 Å². The molecule has 0 spiro atoms. The van der Waals surface area contributed by atoms with Gasteiger partial charge < -0.3 is 0 Å². The van der Waals surface area contributed by atoms with Gasteiger partial charge in [-0.15, -0.1) is 0 Å². The zero-order valence-corrected chi connectivity index (χ0v) is 12.9. The standard InChI is InChI=1S/C18H17N5/c1-12-2-4-13(5-3-12)6-8-16-15-10-14(18-19-11-20-23-18)7-9-17(15)22-21-16/h2-5,7,9-11H,6,8H2,1H3,(H,21,22)(H,19,20,23). The van der Waals surface area contributed by atoms with E-state index in [4.69, 9.17) is 0 Å². The average molecular weight is 303 g/mol. The molecule has 0 fully saturated rings. The molecule has 23 heavy (non-hydrogen) atoms. The van der Waals surface area contributed by atoms with E-state index in [1.165, 1.54) is 17.5 Å². The van der Waals surface area contributed by atoms with Crippen molar-refractivity contribution in [2.24, 2.45) is 0 Å². The Hall–Kier alpha value is -2.95. The molecule has 2 heterocycles. The van der Waals surface area contributed by atoms with Crippen LogP contribution in [0.1, 0.15) is 16.8 Å². The van der Waals surface area contributed by atoms with Gasteiger partial charge in [-0.05, 0) is 43.5 Å². The Labute approximate surface area is 133 Å². The van der Waals surface area contributed by atoms with Crippen molar-refractivity contribution in [1.82, 2.24) is 25.4 Å². The fourth-order valence-corrected chi connectivity index (χ4v) is 2.77. The molecule has 2 N–H and O–H groups in total. The highest BCUT2D eigenvalue weighted by Gasteiger charge is 2.09. The van der Waals surface area contributed by atoms with Gasteiger partial charge >= 0.3 is 0 Å². The number of H-pyrrole nitrogens is 2. The maximum atomic E-state index is 4.40. The highest BCUT2D eigenvalue weighted by molar-refractivity contribution is 5.85. The Bertz CT molecular complexity index is 920. The number of aromatic nitrogens is 5. The molecule has 0 unspecified atom stereocenters. The third-order valence-corrected chi connectivity index (χ3v) is 4.11. The monoisotopic (exact) mass is 303 g/mol. The summed E-state index contributed by atoms with van der Waals surface area (Å²) in [4.78, 5) is 4.21. The Morgan fingerprint density at radius 2 is 1.83 bits per heavy atom. The number of hydrogen-bond donors (Lipinski definition) is 2. The maximum Gasteiger partial charge on any atom is 0.155 e. The lowest BCUT2D eigenvalue weighted by atomic mass is 10.0. The summed E-state index contributed by atoms with van der Waals surface area (Å²) < 4.78 is 0. The van der Waals surface area contributed by atoms with Crippen LogP contribution in [0.2, 0.25) is 0 Å². The first-order chi connectivity index (χ1) is 11.3. The summed E-state index contributed by atoms with van der Waals surface area (Å²) in [5.41, 5.74) is 5.78. The predicted octanol–water partition coefficient (Wildman–Crippen LogP) is 3.44. The molecule has 0 aliphatic rings. The van der Waals surface area contributed by atoms with E-state index in [-0.39, 0.29) is 0 Å². The van der Waals surface area contributed by atoms with Crippen molar-refractivity contribution in [1.29, 1.82) is 0 Å². The van der Waals surface area contributed by atoms with Gasteiger partial charge in [-0.2, -0.15) is 10.2 Å². The van der Waals surface area contributed by atoms with Crippen molar-refractivity contribution >= 4 is 10.9 Å². The van der Waals surface area contributed by atoms with Gasteiger partial charge in [0.15, 0.2) is 5.82 Å². The van der Waals surface area contributed by atoms with Crippen LogP contribution in [0.25, 0.3) is 22.3 Å². The number of nitrogens with zero attached hydrogens (tertiary/aromatic N) is 3. The van der Waals surface area contributed by atoms with Crippen LogP contribution in [0.5, 0.6) is 0 Å². The van der Waals surface area contributed by atoms with Crippen LogP contribution in [-0.2, 0) is 12.8 Å². The van der Waals surface area contributed by atoms with E-state index in [9.17, 15) is 0 Å². The van der Waals surface area contributed by atoms with Gasteiger partial charge in [0.05, 0.1) is 5.52 Å². The molecule has 0 atom stereocenters. The van der Waals surface area contributed by atoms with Crippen molar-refractivity contribution in [2.45, 2.75) is 19.8 Å². The van der Waals surface area contributed by atoms with E-state index in [0.29, 0.717) is 0 Å². The Balaban J connectivity index is 1.62. The first-order valence-electron chi connectivity index (χ1n) is 7.68. The number of benzene rings is 2. The Morgan fingerprint density at radius 1 is 0.957 bits per heavy atom. The van der Waals surface area contributed by atoms with Gasteiger partial charge in [-0.3, -0.25) is 10.2 Å². The SMILES string of the molecule is Cc1ccc(CCc2[nH]nc3ccc(-c4ncn[nH]4)cc23)cc1. The van der Waals surface area contributed by atoms with Crippen LogP contribution >= 0.6 is 0 Å². The lowest BCUT2D eigenvalue weighted by molar-refractivity contribution is 0.900. The molecule has 5 nitrogen and oxygen atoms in total. The lowest BCUT2D eigenvalue weighted by Crippen LogP contribution is -1.92. The molecule has 2 aromatic carbocycles. The van der Waals surface area contributed by atoms with Crippen LogP contribution in [0.3, 0.4) is 0 Å². The predicted molar refractivity (Wildman–Crippen MR) is 90.1 cm³/mol. The van der Waals surface area contributed by atoms with E-state index in [0.717, 1.165) is 40.8 Å². The van der Waals surface area contributed by atoms with Crippen molar-refractivity contribution in [3.63, 3.8) is 0 Å². The van der Waals surface area contributed by atoms with Gasteiger partial charge in [0.1, 0.15) is 6.33 Å². The molecule has 0 aliphatic heterocycles. The number of rotatable bonds is 4. The third kappa shape index (κ3) is 2.73. The summed E-state index contributed by atoms with van der Waals surface area (Å²) in [6, 6.07) is 14.8. The normalized spacial score (nSPS) is 11.2. The zero-order chi connectivity index (χ0) is 15.6. The summed E-state index contributed by atoms with van der Waals surface area (Å²) in [6.45, 7) is 2.11. The molecule has 0 amide bonds. The highest BCUT2D eigenvalue weighted by atomic mass is 15.2. The van der Waals surface area contributed by atoms with Gasteiger partial charge in [-0.25, -0.2) is 4.98 Å². The molecule has 5 heteroatoms. The molecule has 4 aromatic rings. The van der Waals surface area contributed by atoms with Crippen LogP contribution in [0.4, 0.5) is 0 Å². The van der Waals surface area contributed by atoms with Crippen molar-refractivity contribution in [3.8, 4) is 11.4 Å². The fourth-order valence-electron chi connectivity index (χ4n) is 2.77. The summed E-state index contributed by atoms with van der Waals surface area (Å²) in [7, 11) is 0. The first kappa shape index (κ1) is 13.7. The molecular formula is C18H17N5. The Kier molecular flexibility index (Phi) is 3.38. The summed E-state index contributed by atoms with van der Waals surface area (Å²) in [5, 5.41) is 15.5. The van der Waals surface area contributed by atoms with Gasteiger partial charge in [0.25, 0.3) is 0 Å². The van der Waals surface area contributed by atoms with E-state index in [2.05, 4.69) is 62.6 Å².